The van der Waals surface area contributed by atoms with Gasteiger partial charge in [0.2, 0.25) is 16.3 Å². The molecule has 6 heteroatoms. The molecule has 0 aliphatic carbocycles. The van der Waals surface area contributed by atoms with Crippen molar-refractivity contribution in [3.8, 4) is 0 Å². The number of hydrogen-bond acceptors (Lipinski definition) is 4. The fraction of sp³-hybridized carbons (Fsp3) is 0.125. The van der Waals surface area contributed by atoms with Crippen molar-refractivity contribution in [3.05, 3.63) is 114 Å². The Morgan fingerprint density at radius 1 is 0.967 bits per heavy atom. The minimum Gasteiger partial charge on any atom is -0.371 e. The maximum absolute atomic E-state index is 13.4. The first-order valence-corrected chi connectivity index (χ1v) is 10.9. The predicted molar refractivity (Wildman–Crippen MR) is 119 cm³/mol. The molecule has 5 nitrogen and oxygen atoms in total. The topological polar surface area (TPSA) is 59.0 Å². The number of nitrogens with zero attached hydrogens (tertiary/aromatic N) is 2. The minimum absolute atomic E-state index is 0.120. The van der Waals surface area contributed by atoms with Crippen LogP contribution in [0.3, 0.4) is 0 Å². The van der Waals surface area contributed by atoms with Crippen molar-refractivity contribution in [2.75, 3.05) is 0 Å². The van der Waals surface area contributed by atoms with Gasteiger partial charge in [-0.25, -0.2) is 8.42 Å². The van der Waals surface area contributed by atoms with E-state index in [9.17, 15) is 8.42 Å². The molecule has 3 aromatic rings. The van der Waals surface area contributed by atoms with Crippen LogP contribution in [0.1, 0.15) is 16.7 Å². The first-order chi connectivity index (χ1) is 14.5. The summed E-state index contributed by atoms with van der Waals surface area (Å²) < 4.78 is 28.1. The van der Waals surface area contributed by atoms with E-state index in [1.165, 1.54) is 16.6 Å². The van der Waals surface area contributed by atoms with Crippen LogP contribution in [0.15, 0.2) is 108 Å². The van der Waals surface area contributed by atoms with Crippen LogP contribution in [0.25, 0.3) is 0 Å². The molecule has 3 rings (SSSR count). The van der Waals surface area contributed by atoms with E-state index in [0.717, 1.165) is 16.7 Å². The molecule has 0 heterocycles. The molecular formula is C24H24N2O3S. The highest BCUT2D eigenvalue weighted by Gasteiger charge is 2.31. The normalized spacial score (nSPS) is 12.7. The average molecular weight is 421 g/mol. The first kappa shape index (κ1) is 21.5. The third-order valence-electron chi connectivity index (χ3n) is 4.46. The van der Waals surface area contributed by atoms with Gasteiger partial charge >= 0.3 is 0 Å². The predicted octanol–water partition coefficient (Wildman–Crippen LogP) is 4.75. The first-order valence-electron chi connectivity index (χ1n) is 9.50. The second-order valence-electron chi connectivity index (χ2n) is 6.73. The number of oxime groups is 1. The molecule has 1 atom stereocenters. The molecule has 0 saturated heterocycles. The molecule has 0 bridgehead atoms. The van der Waals surface area contributed by atoms with E-state index in [1.54, 1.807) is 24.3 Å². The van der Waals surface area contributed by atoms with Gasteiger partial charge in [-0.15, -0.1) is 4.31 Å². The summed E-state index contributed by atoms with van der Waals surface area (Å²) in [6, 6.07) is 25.5. The fourth-order valence-electron chi connectivity index (χ4n) is 2.83. The Labute approximate surface area is 178 Å². The Morgan fingerprint density at radius 3 is 2.17 bits per heavy atom. The minimum atomic E-state index is -3.86. The van der Waals surface area contributed by atoms with Gasteiger partial charge in [0.15, 0.2) is 0 Å². The van der Waals surface area contributed by atoms with Gasteiger partial charge in [0.1, 0.15) is 0 Å². The van der Waals surface area contributed by atoms with Crippen LogP contribution in [0.5, 0.6) is 0 Å². The SMILES string of the molecule is C=CC(O/N=C/c1ccccc1)N(Cc1ccccc1)S(=O)(=O)c1ccc(C)cc1. The molecule has 0 saturated carbocycles. The lowest BCUT2D eigenvalue weighted by atomic mass is 10.2. The van der Waals surface area contributed by atoms with Crippen molar-refractivity contribution in [1.82, 2.24) is 4.31 Å². The van der Waals surface area contributed by atoms with Crippen LogP contribution in [0.4, 0.5) is 0 Å². The highest BCUT2D eigenvalue weighted by Crippen LogP contribution is 2.23. The largest absolute Gasteiger partial charge is 0.371 e. The maximum atomic E-state index is 13.4. The Hall–Kier alpha value is -3.22. The van der Waals surface area contributed by atoms with Crippen molar-refractivity contribution < 1.29 is 13.3 Å². The summed E-state index contributed by atoms with van der Waals surface area (Å²) in [5, 5.41) is 3.99. The Bertz CT molecular complexity index is 1080. The van der Waals surface area contributed by atoms with Gasteiger partial charge < -0.3 is 4.84 Å². The van der Waals surface area contributed by atoms with E-state index in [0.29, 0.717) is 0 Å². The van der Waals surface area contributed by atoms with E-state index in [-0.39, 0.29) is 11.4 Å². The zero-order valence-corrected chi connectivity index (χ0v) is 17.6. The molecular weight excluding hydrogens is 396 g/mol. The monoisotopic (exact) mass is 420 g/mol. The number of hydrogen-bond donors (Lipinski definition) is 0. The summed E-state index contributed by atoms with van der Waals surface area (Å²) in [5.74, 6) is 0. The van der Waals surface area contributed by atoms with E-state index >= 15 is 0 Å². The molecule has 0 aliphatic heterocycles. The van der Waals surface area contributed by atoms with E-state index < -0.39 is 16.3 Å². The average Bonchev–Trinajstić information content (AvgIpc) is 2.77. The second-order valence-corrected chi connectivity index (χ2v) is 8.62. The standard InChI is InChI=1S/C24H24N2O3S/c1-3-24(29-25-18-21-10-6-4-7-11-21)26(19-22-12-8-5-9-13-22)30(27,28)23-16-14-20(2)15-17-23/h3-18,24H,1,19H2,2H3/b25-18+. The van der Waals surface area contributed by atoms with Gasteiger partial charge in [-0.2, -0.15) is 0 Å². The van der Waals surface area contributed by atoms with Crippen molar-refractivity contribution in [3.63, 3.8) is 0 Å². The molecule has 0 radical (unpaired) electrons. The van der Waals surface area contributed by atoms with Gasteiger partial charge in [0.05, 0.1) is 11.1 Å². The zero-order chi connectivity index (χ0) is 21.4. The quantitative estimate of drug-likeness (QED) is 0.217. The molecule has 0 fully saturated rings. The highest BCUT2D eigenvalue weighted by molar-refractivity contribution is 7.89. The van der Waals surface area contributed by atoms with Gasteiger partial charge in [-0.3, -0.25) is 0 Å². The second kappa shape index (κ2) is 10.0. The molecule has 3 aromatic carbocycles. The zero-order valence-electron chi connectivity index (χ0n) is 16.8. The van der Waals surface area contributed by atoms with Gasteiger partial charge in [-0.1, -0.05) is 90.1 Å². The molecule has 0 amide bonds. The summed E-state index contributed by atoms with van der Waals surface area (Å²) in [5.41, 5.74) is 2.65. The lowest BCUT2D eigenvalue weighted by molar-refractivity contribution is 0.0156. The highest BCUT2D eigenvalue weighted by atomic mass is 32.2. The lowest BCUT2D eigenvalue weighted by Gasteiger charge is -2.27. The van der Waals surface area contributed by atoms with Gasteiger partial charge in [0.25, 0.3) is 0 Å². The summed E-state index contributed by atoms with van der Waals surface area (Å²) in [7, 11) is -3.86. The molecule has 30 heavy (non-hydrogen) atoms. The molecule has 0 N–H and O–H groups in total. The van der Waals surface area contributed by atoms with E-state index in [2.05, 4.69) is 11.7 Å². The van der Waals surface area contributed by atoms with Gasteiger partial charge in [-0.05, 0) is 36.3 Å². The van der Waals surface area contributed by atoms with Crippen LogP contribution in [-0.4, -0.2) is 25.2 Å². The molecule has 154 valence electrons. The van der Waals surface area contributed by atoms with Crippen LogP contribution in [0, 0.1) is 6.92 Å². The third kappa shape index (κ3) is 5.43. The van der Waals surface area contributed by atoms with Crippen molar-refractivity contribution in [2.24, 2.45) is 5.16 Å². The number of sulfonamides is 1. The summed E-state index contributed by atoms with van der Waals surface area (Å²) in [6.07, 6.45) is 1.99. The lowest BCUT2D eigenvalue weighted by Crippen LogP contribution is -2.39. The summed E-state index contributed by atoms with van der Waals surface area (Å²) in [6.45, 7) is 5.79. The van der Waals surface area contributed by atoms with E-state index in [4.69, 9.17) is 4.84 Å². The third-order valence-corrected chi connectivity index (χ3v) is 6.29. The number of benzene rings is 3. The van der Waals surface area contributed by atoms with Crippen LogP contribution in [0.2, 0.25) is 0 Å². The van der Waals surface area contributed by atoms with Crippen LogP contribution >= 0.6 is 0 Å². The Balaban J connectivity index is 1.91. The fourth-order valence-corrected chi connectivity index (χ4v) is 4.29. The van der Waals surface area contributed by atoms with E-state index in [1.807, 2.05) is 67.6 Å². The van der Waals surface area contributed by atoms with Crippen LogP contribution < -0.4 is 0 Å². The number of aryl methyl sites for hydroxylation is 1. The van der Waals surface area contributed by atoms with Crippen molar-refractivity contribution >= 4 is 16.2 Å². The van der Waals surface area contributed by atoms with Gasteiger partial charge in [0, 0.05) is 6.54 Å². The maximum Gasteiger partial charge on any atom is 0.246 e. The molecule has 0 aromatic heterocycles. The Kier molecular flexibility index (Phi) is 7.17. The van der Waals surface area contributed by atoms with Crippen LogP contribution in [-0.2, 0) is 21.4 Å². The van der Waals surface area contributed by atoms with Crippen molar-refractivity contribution in [2.45, 2.75) is 24.6 Å². The smallest absolute Gasteiger partial charge is 0.246 e. The number of rotatable bonds is 9. The molecule has 1 unspecified atom stereocenters. The molecule has 0 aliphatic rings. The Morgan fingerprint density at radius 2 is 1.57 bits per heavy atom. The van der Waals surface area contributed by atoms with Crippen molar-refractivity contribution in [1.29, 1.82) is 0 Å². The molecule has 0 spiro atoms. The summed E-state index contributed by atoms with van der Waals surface area (Å²) in [4.78, 5) is 5.75. The summed E-state index contributed by atoms with van der Waals surface area (Å²) >= 11 is 0.